The molecule has 0 spiro atoms. The van der Waals surface area contributed by atoms with E-state index in [1.165, 1.54) is 0 Å². The van der Waals surface area contributed by atoms with Gasteiger partial charge in [-0.2, -0.15) is 0 Å². The second kappa shape index (κ2) is 7.35. The van der Waals surface area contributed by atoms with Crippen LogP contribution in [0.15, 0.2) is 24.3 Å². The first-order chi connectivity index (χ1) is 10.9. The molecule has 1 aromatic carbocycles. The van der Waals surface area contributed by atoms with Crippen LogP contribution in [0.1, 0.15) is 33.6 Å². The van der Waals surface area contributed by atoms with Crippen LogP contribution in [0.5, 0.6) is 5.75 Å². The highest BCUT2D eigenvalue weighted by Crippen LogP contribution is 2.27. The maximum atomic E-state index is 12.6. The molecule has 23 heavy (non-hydrogen) atoms. The molecule has 1 saturated heterocycles. The van der Waals surface area contributed by atoms with E-state index in [9.17, 15) is 9.59 Å². The van der Waals surface area contributed by atoms with E-state index >= 15 is 0 Å². The zero-order valence-corrected chi connectivity index (χ0v) is 13.9. The van der Waals surface area contributed by atoms with Crippen molar-refractivity contribution in [2.75, 3.05) is 11.9 Å². The first-order valence-corrected chi connectivity index (χ1v) is 8.01. The van der Waals surface area contributed by atoms with Gasteiger partial charge in [-0.05, 0) is 45.7 Å². The summed E-state index contributed by atoms with van der Waals surface area (Å²) in [5.41, 5.74) is 6.01. The van der Waals surface area contributed by atoms with Gasteiger partial charge < -0.3 is 20.7 Å². The molecule has 0 aromatic heterocycles. The lowest BCUT2D eigenvalue weighted by Crippen LogP contribution is -2.50. The Labute approximate surface area is 137 Å². The number of nitrogens with zero attached hydrogens (tertiary/aromatic N) is 1. The number of ether oxygens (including phenoxy) is 1. The molecule has 1 aromatic rings. The largest absolute Gasteiger partial charge is 0.489 e. The fourth-order valence-corrected chi connectivity index (χ4v) is 2.74. The van der Waals surface area contributed by atoms with Gasteiger partial charge in [0.1, 0.15) is 5.75 Å². The lowest BCUT2D eigenvalue weighted by Gasteiger charge is -2.36. The Morgan fingerprint density at radius 2 is 2.00 bits per heavy atom. The van der Waals surface area contributed by atoms with Crippen LogP contribution in [0.4, 0.5) is 10.5 Å². The van der Waals surface area contributed by atoms with E-state index in [0.29, 0.717) is 18.0 Å². The first-order valence-electron chi connectivity index (χ1n) is 8.01. The summed E-state index contributed by atoms with van der Waals surface area (Å²) in [6.07, 6.45) is 1.51. The molecule has 6 nitrogen and oxygen atoms in total. The summed E-state index contributed by atoms with van der Waals surface area (Å²) in [5.74, 6) is 0.00399. The predicted molar refractivity (Wildman–Crippen MR) is 89.3 cm³/mol. The summed E-state index contributed by atoms with van der Waals surface area (Å²) in [4.78, 5) is 25.7. The molecule has 0 saturated carbocycles. The van der Waals surface area contributed by atoms with Crippen molar-refractivity contribution in [3.63, 3.8) is 0 Å². The molecule has 1 fully saturated rings. The smallest absolute Gasteiger partial charge is 0.322 e. The van der Waals surface area contributed by atoms with Crippen molar-refractivity contribution in [3.8, 4) is 5.75 Å². The third kappa shape index (κ3) is 4.37. The Bertz CT molecular complexity index is 574. The molecule has 1 aliphatic heterocycles. The van der Waals surface area contributed by atoms with E-state index < -0.39 is 0 Å². The molecule has 2 atom stereocenters. The quantitative estimate of drug-likeness (QED) is 0.894. The molecular weight excluding hydrogens is 294 g/mol. The molecule has 3 amide bonds. The summed E-state index contributed by atoms with van der Waals surface area (Å²) in [6.45, 7) is 6.20. The number of nitrogens with one attached hydrogen (secondary N) is 1. The number of nitrogens with two attached hydrogens (primary N) is 1. The van der Waals surface area contributed by atoms with Gasteiger partial charge in [-0.15, -0.1) is 0 Å². The zero-order chi connectivity index (χ0) is 17.0. The number of benzene rings is 1. The number of urea groups is 1. The van der Waals surface area contributed by atoms with Crippen LogP contribution in [0.2, 0.25) is 0 Å². The lowest BCUT2D eigenvalue weighted by atomic mass is 9.93. The van der Waals surface area contributed by atoms with Crippen molar-refractivity contribution in [1.82, 2.24) is 4.90 Å². The van der Waals surface area contributed by atoms with Crippen LogP contribution in [-0.2, 0) is 4.79 Å². The van der Waals surface area contributed by atoms with Crippen LogP contribution < -0.4 is 15.8 Å². The molecule has 0 bridgehead atoms. The van der Waals surface area contributed by atoms with Gasteiger partial charge in [0.2, 0.25) is 5.91 Å². The lowest BCUT2D eigenvalue weighted by molar-refractivity contribution is -0.123. The third-order valence-corrected chi connectivity index (χ3v) is 4.04. The van der Waals surface area contributed by atoms with Crippen molar-refractivity contribution in [2.24, 2.45) is 11.7 Å². The van der Waals surface area contributed by atoms with Gasteiger partial charge in [-0.1, -0.05) is 12.1 Å². The van der Waals surface area contributed by atoms with Gasteiger partial charge >= 0.3 is 6.03 Å². The minimum absolute atomic E-state index is 0.0150. The van der Waals surface area contributed by atoms with Crippen molar-refractivity contribution >= 4 is 17.6 Å². The maximum Gasteiger partial charge on any atom is 0.322 e. The number of rotatable bonds is 4. The van der Waals surface area contributed by atoms with Gasteiger partial charge in [0, 0.05) is 12.6 Å². The highest BCUT2D eigenvalue weighted by Gasteiger charge is 2.31. The van der Waals surface area contributed by atoms with Crippen molar-refractivity contribution < 1.29 is 14.3 Å². The van der Waals surface area contributed by atoms with Crippen molar-refractivity contribution in [3.05, 3.63) is 24.3 Å². The fourth-order valence-electron chi connectivity index (χ4n) is 2.74. The minimum Gasteiger partial charge on any atom is -0.489 e. The van der Waals surface area contributed by atoms with Crippen LogP contribution in [-0.4, -0.2) is 35.5 Å². The second-order valence-electron chi connectivity index (χ2n) is 6.27. The summed E-state index contributed by atoms with van der Waals surface area (Å²) in [6, 6.07) is 7.17. The van der Waals surface area contributed by atoms with Crippen LogP contribution in [0, 0.1) is 5.92 Å². The number of primary amides is 1. The Kier molecular flexibility index (Phi) is 5.47. The number of hydrogen-bond donors (Lipinski definition) is 2. The number of para-hydroxylation sites is 2. The second-order valence-corrected chi connectivity index (χ2v) is 6.27. The van der Waals surface area contributed by atoms with E-state index in [1.54, 1.807) is 11.0 Å². The van der Waals surface area contributed by atoms with E-state index in [-0.39, 0.29) is 30.0 Å². The fraction of sp³-hybridized carbons (Fsp3) is 0.529. The van der Waals surface area contributed by atoms with Gasteiger partial charge in [0.15, 0.2) is 0 Å². The number of hydrogen-bond acceptors (Lipinski definition) is 3. The number of likely N-dealkylation sites (tertiary alicyclic amines) is 1. The topological polar surface area (TPSA) is 84.7 Å². The van der Waals surface area contributed by atoms with Crippen molar-refractivity contribution in [2.45, 2.75) is 45.8 Å². The zero-order valence-electron chi connectivity index (χ0n) is 13.9. The third-order valence-electron chi connectivity index (χ3n) is 4.04. The van der Waals surface area contributed by atoms with Gasteiger partial charge in [-0.25, -0.2) is 4.79 Å². The number of amides is 3. The Morgan fingerprint density at radius 1 is 1.30 bits per heavy atom. The van der Waals surface area contributed by atoms with Crippen LogP contribution >= 0.6 is 0 Å². The summed E-state index contributed by atoms with van der Waals surface area (Å²) in [7, 11) is 0. The molecule has 0 aliphatic carbocycles. The number of carbonyl (C=O) groups excluding carboxylic acids is 2. The van der Waals surface area contributed by atoms with Crippen molar-refractivity contribution in [1.29, 1.82) is 0 Å². The number of anilines is 1. The summed E-state index contributed by atoms with van der Waals surface area (Å²) >= 11 is 0. The van der Waals surface area contributed by atoms with E-state index in [0.717, 1.165) is 12.8 Å². The highest BCUT2D eigenvalue weighted by atomic mass is 16.5. The predicted octanol–water partition coefficient (Wildman–Crippen LogP) is 2.59. The molecule has 1 aliphatic rings. The average Bonchev–Trinajstić information content (AvgIpc) is 2.48. The van der Waals surface area contributed by atoms with Gasteiger partial charge in [0.25, 0.3) is 0 Å². The summed E-state index contributed by atoms with van der Waals surface area (Å²) in [5, 5.41) is 2.89. The standard InChI is InChI=1S/C17H25N3O3/c1-11(2)23-15-7-5-4-6-14(15)19-17(22)20-10-13(16(18)21)9-8-12(20)3/h4-7,11-13H,8-10H2,1-3H3,(H2,18,21)(H,19,22)/t12-,13+/m1/s1. The van der Waals surface area contributed by atoms with Crippen LogP contribution in [0.3, 0.4) is 0 Å². The monoisotopic (exact) mass is 319 g/mol. The van der Waals surface area contributed by atoms with Gasteiger partial charge in [-0.3, -0.25) is 4.79 Å². The Balaban J connectivity index is 2.10. The molecule has 126 valence electrons. The minimum atomic E-state index is -0.349. The number of carbonyl (C=O) groups is 2. The Hall–Kier alpha value is -2.24. The molecule has 6 heteroatoms. The SMILES string of the molecule is CC(C)Oc1ccccc1NC(=O)N1C[C@@H](C(N)=O)CC[C@H]1C. The van der Waals surface area contributed by atoms with Gasteiger partial charge in [0.05, 0.1) is 17.7 Å². The first kappa shape index (κ1) is 17.1. The molecule has 2 rings (SSSR count). The average molecular weight is 319 g/mol. The van der Waals surface area contributed by atoms with E-state index in [4.69, 9.17) is 10.5 Å². The normalized spacial score (nSPS) is 21.1. The molecule has 1 heterocycles. The summed E-state index contributed by atoms with van der Waals surface area (Å²) < 4.78 is 5.71. The van der Waals surface area contributed by atoms with E-state index in [2.05, 4.69) is 5.32 Å². The Morgan fingerprint density at radius 3 is 2.65 bits per heavy atom. The molecule has 3 N–H and O–H groups in total. The maximum absolute atomic E-state index is 12.6. The molecular formula is C17H25N3O3. The number of piperidine rings is 1. The van der Waals surface area contributed by atoms with E-state index in [1.807, 2.05) is 39.0 Å². The molecule has 0 unspecified atom stereocenters. The molecule has 0 radical (unpaired) electrons. The van der Waals surface area contributed by atoms with Crippen LogP contribution in [0.25, 0.3) is 0 Å². The highest BCUT2D eigenvalue weighted by molar-refractivity contribution is 5.91.